The van der Waals surface area contributed by atoms with Crippen LogP contribution < -0.4 is 4.72 Å². The molecule has 0 saturated heterocycles. The van der Waals surface area contributed by atoms with Gasteiger partial charge in [0.25, 0.3) is 10.2 Å². The Morgan fingerprint density at radius 3 is 2.47 bits per heavy atom. The number of nitrogens with zero attached hydrogens (tertiary/aromatic N) is 2. The van der Waals surface area contributed by atoms with Crippen molar-refractivity contribution in [3.05, 3.63) is 0 Å². The van der Waals surface area contributed by atoms with Crippen LogP contribution in [0.4, 0.5) is 0 Å². The molecule has 0 radical (unpaired) electrons. The fourth-order valence-electron chi connectivity index (χ4n) is 1.07. The van der Waals surface area contributed by atoms with Gasteiger partial charge >= 0.3 is 0 Å². The summed E-state index contributed by atoms with van der Waals surface area (Å²) >= 11 is 0. The van der Waals surface area contributed by atoms with Gasteiger partial charge in [0.2, 0.25) is 0 Å². The second-order valence-corrected chi connectivity index (χ2v) is 5.14. The quantitative estimate of drug-likeness (QED) is 0.704. The molecule has 1 atom stereocenters. The van der Waals surface area contributed by atoms with Crippen molar-refractivity contribution in [2.24, 2.45) is 5.92 Å². The zero-order valence-corrected chi connectivity index (χ0v) is 10.3. The Balaban J connectivity index is 4.46. The van der Waals surface area contributed by atoms with Gasteiger partial charge in [0.15, 0.2) is 0 Å². The lowest BCUT2D eigenvalue weighted by molar-refractivity contribution is 0.392. The standard InChI is InChI=1S/C9H19N3O2S/c1-4-6-11-15(13,14)12(5-2)8-9(3)7-10/h9,11H,4-6,8H2,1-3H3. The largest absolute Gasteiger partial charge is 0.279 e. The summed E-state index contributed by atoms with van der Waals surface area (Å²) < 4.78 is 27.1. The molecule has 0 aliphatic rings. The summed E-state index contributed by atoms with van der Waals surface area (Å²) in [6, 6.07) is 2.02. The predicted octanol–water partition coefficient (Wildman–Crippen LogP) is 0.712. The van der Waals surface area contributed by atoms with E-state index in [1.165, 1.54) is 4.31 Å². The first-order chi connectivity index (χ1) is 6.97. The first-order valence-corrected chi connectivity index (χ1v) is 6.56. The van der Waals surface area contributed by atoms with Crippen molar-refractivity contribution in [3.8, 4) is 6.07 Å². The lowest BCUT2D eigenvalue weighted by atomic mass is 10.2. The van der Waals surface area contributed by atoms with Gasteiger partial charge in [-0.3, -0.25) is 0 Å². The van der Waals surface area contributed by atoms with Gasteiger partial charge in [0.05, 0.1) is 12.0 Å². The van der Waals surface area contributed by atoms with Crippen molar-refractivity contribution in [2.75, 3.05) is 19.6 Å². The molecule has 1 N–H and O–H groups in total. The topological polar surface area (TPSA) is 73.2 Å². The van der Waals surface area contributed by atoms with E-state index in [4.69, 9.17) is 5.26 Å². The van der Waals surface area contributed by atoms with Gasteiger partial charge in [-0.2, -0.15) is 18.0 Å². The monoisotopic (exact) mass is 233 g/mol. The van der Waals surface area contributed by atoms with Gasteiger partial charge in [-0.15, -0.1) is 0 Å². The molecule has 0 heterocycles. The molecule has 0 fully saturated rings. The van der Waals surface area contributed by atoms with Gasteiger partial charge in [-0.1, -0.05) is 13.8 Å². The number of nitriles is 1. The van der Waals surface area contributed by atoms with E-state index in [1.807, 2.05) is 13.0 Å². The highest BCUT2D eigenvalue weighted by atomic mass is 32.2. The van der Waals surface area contributed by atoms with Gasteiger partial charge in [-0.25, -0.2) is 4.72 Å². The predicted molar refractivity (Wildman–Crippen MR) is 59.2 cm³/mol. The maximum atomic E-state index is 11.7. The van der Waals surface area contributed by atoms with Crippen LogP contribution in [0.1, 0.15) is 27.2 Å². The Morgan fingerprint density at radius 2 is 2.07 bits per heavy atom. The van der Waals surface area contributed by atoms with Crippen molar-refractivity contribution >= 4 is 10.2 Å². The molecule has 15 heavy (non-hydrogen) atoms. The van der Waals surface area contributed by atoms with Crippen LogP contribution in [-0.2, 0) is 10.2 Å². The third-order valence-corrected chi connectivity index (χ3v) is 3.58. The van der Waals surface area contributed by atoms with E-state index >= 15 is 0 Å². The van der Waals surface area contributed by atoms with E-state index in [9.17, 15) is 8.42 Å². The number of hydrogen-bond donors (Lipinski definition) is 1. The SMILES string of the molecule is CCCNS(=O)(=O)N(CC)CC(C)C#N. The normalized spacial score (nSPS) is 13.8. The fraction of sp³-hybridized carbons (Fsp3) is 0.889. The van der Waals surface area contributed by atoms with Crippen LogP contribution in [-0.4, -0.2) is 32.4 Å². The first-order valence-electron chi connectivity index (χ1n) is 5.12. The summed E-state index contributed by atoms with van der Waals surface area (Å²) in [4.78, 5) is 0. The molecule has 6 heteroatoms. The summed E-state index contributed by atoms with van der Waals surface area (Å²) in [5.74, 6) is -0.289. The van der Waals surface area contributed by atoms with Crippen molar-refractivity contribution in [1.29, 1.82) is 5.26 Å². The molecule has 0 aliphatic carbocycles. The highest BCUT2D eigenvalue weighted by Crippen LogP contribution is 2.03. The van der Waals surface area contributed by atoms with Crippen LogP contribution >= 0.6 is 0 Å². The molecule has 5 nitrogen and oxygen atoms in total. The highest BCUT2D eigenvalue weighted by molar-refractivity contribution is 7.87. The molecule has 0 aliphatic heterocycles. The maximum absolute atomic E-state index is 11.7. The van der Waals surface area contributed by atoms with E-state index in [-0.39, 0.29) is 12.5 Å². The Kier molecular flexibility index (Phi) is 6.48. The third kappa shape index (κ3) is 5.11. The van der Waals surface area contributed by atoms with E-state index in [2.05, 4.69) is 4.72 Å². The number of hydrogen-bond acceptors (Lipinski definition) is 3. The number of rotatable bonds is 7. The van der Waals surface area contributed by atoms with Crippen molar-refractivity contribution in [2.45, 2.75) is 27.2 Å². The second-order valence-electron chi connectivity index (χ2n) is 3.38. The summed E-state index contributed by atoms with van der Waals surface area (Å²) in [5, 5.41) is 8.63. The Labute approximate surface area is 92.3 Å². The van der Waals surface area contributed by atoms with Crippen LogP contribution in [0, 0.1) is 17.2 Å². The smallest absolute Gasteiger partial charge is 0.202 e. The van der Waals surface area contributed by atoms with Crippen molar-refractivity contribution < 1.29 is 8.42 Å². The summed E-state index contributed by atoms with van der Waals surface area (Å²) in [7, 11) is -3.41. The van der Waals surface area contributed by atoms with Crippen LogP contribution in [0.25, 0.3) is 0 Å². The number of nitrogens with one attached hydrogen (secondary N) is 1. The lowest BCUT2D eigenvalue weighted by Crippen LogP contribution is -2.42. The zero-order valence-electron chi connectivity index (χ0n) is 9.52. The van der Waals surface area contributed by atoms with E-state index in [1.54, 1.807) is 13.8 Å². The van der Waals surface area contributed by atoms with Gasteiger partial charge in [0, 0.05) is 19.6 Å². The minimum Gasteiger partial charge on any atom is -0.202 e. The average molecular weight is 233 g/mol. The van der Waals surface area contributed by atoms with E-state index in [0.29, 0.717) is 13.1 Å². The molecule has 0 aromatic rings. The molecule has 0 aromatic carbocycles. The van der Waals surface area contributed by atoms with Gasteiger partial charge in [0.1, 0.15) is 0 Å². The minimum atomic E-state index is -3.41. The molecular formula is C9H19N3O2S. The summed E-state index contributed by atoms with van der Waals surface area (Å²) in [5.41, 5.74) is 0. The maximum Gasteiger partial charge on any atom is 0.279 e. The Bertz CT molecular complexity index is 308. The third-order valence-electron chi connectivity index (χ3n) is 1.92. The summed E-state index contributed by atoms with van der Waals surface area (Å²) in [6.07, 6.45) is 0.755. The van der Waals surface area contributed by atoms with E-state index < -0.39 is 10.2 Å². The van der Waals surface area contributed by atoms with Gasteiger partial charge in [-0.05, 0) is 13.3 Å². The Hall–Kier alpha value is -0.640. The van der Waals surface area contributed by atoms with E-state index in [0.717, 1.165) is 6.42 Å². The zero-order chi connectivity index (χ0) is 11.9. The first kappa shape index (κ1) is 14.4. The van der Waals surface area contributed by atoms with Crippen LogP contribution in [0.5, 0.6) is 0 Å². The average Bonchev–Trinajstić information content (AvgIpc) is 2.22. The molecule has 0 spiro atoms. The Morgan fingerprint density at radius 1 is 1.47 bits per heavy atom. The molecule has 0 saturated carbocycles. The summed E-state index contributed by atoms with van der Waals surface area (Å²) in [6.45, 7) is 6.42. The molecular weight excluding hydrogens is 214 g/mol. The lowest BCUT2D eigenvalue weighted by Gasteiger charge is -2.21. The second kappa shape index (κ2) is 6.77. The van der Waals surface area contributed by atoms with Crippen molar-refractivity contribution in [1.82, 2.24) is 9.03 Å². The molecule has 0 aromatic heterocycles. The van der Waals surface area contributed by atoms with Crippen LogP contribution in [0.3, 0.4) is 0 Å². The molecule has 88 valence electrons. The molecule has 1 unspecified atom stereocenters. The van der Waals surface area contributed by atoms with Crippen LogP contribution in [0.15, 0.2) is 0 Å². The molecule has 0 rings (SSSR count). The van der Waals surface area contributed by atoms with Crippen molar-refractivity contribution in [3.63, 3.8) is 0 Å². The van der Waals surface area contributed by atoms with Crippen LogP contribution in [0.2, 0.25) is 0 Å². The fourth-order valence-corrected chi connectivity index (χ4v) is 2.47. The molecule has 0 amide bonds. The highest BCUT2D eigenvalue weighted by Gasteiger charge is 2.21. The minimum absolute atomic E-state index is 0.242. The molecule has 0 bridgehead atoms. The van der Waals surface area contributed by atoms with Gasteiger partial charge < -0.3 is 0 Å².